The maximum absolute atomic E-state index is 8.52. The van der Waals surface area contributed by atoms with Crippen molar-refractivity contribution >= 4 is 0 Å². The first-order valence-electron chi connectivity index (χ1n) is 3.97. The van der Waals surface area contributed by atoms with Gasteiger partial charge in [-0.3, -0.25) is 0 Å². The molecule has 2 saturated heterocycles. The smallest absolute Gasteiger partial charge is 0.143 e. The maximum Gasteiger partial charge on any atom is 0.143 e. The fraction of sp³-hybridized carbons (Fsp3) is 1.00. The monoisotopic (exact) mass is 175 g/mol. The fourth-order valence-corrected chi connectivity index (χ4v) is 1.64. The predicted molar refractivity (Wildman–Crippen MR) is 39.2 cm³/mol. The Labute approximate surface area is 70.8 Å². The standard InChI is InChI=1S/C7H13NO4/c9-6-12-3-7-1-10-4-8(7)5-11-2-7/h9H,1-6H2. The number of fused-ring (bicyclic) bond motifs is 1. The van der Waals surface area contributed by atoms with E-state index in [9.17, 15) is 0 Å². The van der Waals surface area contributed by atoms with Gasteiger partial charge in [0.15, 0.2) is 0 Å². The molecule has 12 heavy (non-hydrogen) atoms. The van der Waals surface area contributed by atoms with Crippen molar-refractivity contribution in [2.75, 3.05) is 40.1 Å². The summed E-state index contributed by atoms with van der Waals surface area (Å²) >= 11 is 0. The quantitative estimate of drug-likeness (QED) is 0.556. The normalized spacial score (nSPS) is 27.8. The van der Waals surface area contributed by atoms with Crippen molar-refractivity contribution in [3.8, 4) is 0 Å². The summed E-state index contributed by atoms with van der Waals surface area (Å²) in [6.07, 6.45) is 0. The van der Waals surface area contributed by atoms with Crippen LogP contribution in [0.3, 0.4) is 0 Å². The molecule has 0 aliphatic carbocycles. The van der Waals surface area contributed by atoms with Crippen molar-refractivity contribution < 1.29 is 19.3 Å². The molecular weight excluding hydrogens is 162 g/mol. The third-order valence-corrected chi connectivity index (χ3v) is 2.37. The molecule has 0 aromatic heterocycles. The van der Waals surface area contributed by atoms with E-state index in [0.717, 1.165) is 0 Å². The van der Waals surface area contributed by atoms with Gasteiger partial charge in [0.25, 0.3) is 0 Å². The van der Waals surface area contributed by atoms with Crippen LogP contribution in [0.25, 0.3) is 0 Å². The van der Waals surface area contributed by atoms with Gasteiger partial charge in [0.2, 0.25) is 0 Å². The topological polar surface area (TPSA) is 51.2 Å². The van der Waals surface area contributed by atoms with Gasteiger partial charge >= 0.3 is 0 Å². The lowest BCUT2D eigenvalue weighted by atomic mass is 10.0. The Bertz CT molecular complexity index is 153. The number of nitrogens with zero attached hydrogens (tertiary/aromatic N) is 1. The summed E-state index contributed by atoms with van der Waals surface area (Å²) in [5, 5.41) is 8.52. The fourth-order valence-electron chi connectivity index (χ4n) is 1.64. The molecule has 2 fully saturated rings. The number of aliphatic hydroxyl groups is 1. The van der Waals surface area contributed by atoms with Gasteiger partial charge in [-0.25, -0.2) is 4.90 Å². The molecule has 0 spiro atoms. The number of ether oxygens (including phenoxy) is 3. The van der Waals surface area contributed by atoms with E-state index in [1.807, 2.05) is 0 Å². The van der Waals surface area contributed by atoms with Gasteiger partial charge in [0.1, 0.15) is 20.3 Å². The number of aliphatic hydroxyl groups excluding tert-OH is 1. The van der Waals surface area contributed by atoms with Gasteiger partial charge in [-0.1, -0.05) is 0 Å². The first-order valence-corrected chi connectivity index (χ1v) is 3.97. The van der Waals surface area contributed by atoms with Crippen LogP contribution in [0.5, 0.6) is 0 Å². The van der Waals surface area contributed by atoms with Gasteiger partial charge in [0.05, 0.1) is 25.4 Å². The predicted octanol–water partition coefficient (Wildman–Crippen LogP) is -1.03. The highest BCUT2D eigenvalue weighted by atomic mass is 16.6. The second-order valence-corrected chi connectivity index (χ2v) is 3.20. The van der Waals surface area contributed by atoms with Crippen molar-refractivity contribution in [2.45, 2.75) is 5.54 Å². The van der Waals surface area contributed by atoms with Crippen LogP contribution >= 0.6 is 0 Å². The van der Waals surface area contributed by atoms with Crippen LogP contribution in [0.2, 0.25) is 0 Å². The molecule has 0 bridgehead atoms. The van der Waals surface area contributed by atoms with Crippen LogP contribution in [0, 0.1) is 0 Å². The molecule has 1 N–H and O–H groups in total. The number of hydrogen-bond donors (Lipinski definition) is 1. The van der Waals surface area contributed by atoms with E-state index >= 15 is 0 Å². The van der Waals surface area contributed by atoms with E-state index < -0.39 is 0 Å². The second kappa shape index (κ2) is 3.27. The molecule has 70 valence electrons. The lowest BCUT2D eigenvalue weighted by Gasteiger charge is -2.26. The molecule has 5 nitrogen and oxygen atoms in total. The summed E-state index contributed by atoms with van der Waals surface area (Å²) in [5.41, 5.74) is -0.136. The summed E-state index contributed by atoms with van der Waals surface area (Å²) in [4.78, 5) is 2.09. The van der Waals surface area contributed by atoms with E-state index in [2.05, 4.69) is 4.90 Å². The third kappa shape index (κ3) is 1.23. The average molecular weight is 175 g/mol. The molecule has 0 amide bonds. The summed E-state index contributed by atoms with van der Waals surface area (Å²) < 4.78 is 15.6. The van der Waals surface area contributed by atoms with Gasteiger partial charge in [-0.05, 0) is 0 Å². The lowest BCUT2D eigenvalue weighted by Crippen LogP contribution is -2.47. The highest BCUT2D eigenvalue weighted by Crippen LogP contribution is 2.28. The summed E-state index contributed by atoms with van der Waals surface area (Å²) in [7, 11) is 0. The summed E-state index contributed by atoms with van der Waals surface area (Å²) in [6, 6.07) is 0. The molecule has 2 aliphatic heterocycles. The molecule has 0 unspecified atom stereocenters. The largest absolute Gasteiger partial charge is 0.371 e. The zero-order valence-corrected chi connectivity index (χ0v) is 6.86. The number of rotatable bonds is 3. The molecule has 2 rings (SSSR count). The minimum atomic E-state index is -0.240. The Hall–Kier alpha value is -0.200. The average Bonchev–Trinajstić information content (AvgIpc) is 2.58. The van der Waals surface area contributed by atoms with E-state index in [0.29, 0.717) is 33.3 Å². The molecule has 0 radical (unpaired) electrons. The third-order valence-electron chi connectivity index (χ3n) is 2.37. The van der Waals surface area contributed by atoms with Crippen molar-refractivity contribution in [1.29, 1.82) is 0 Å². The molecule has 0 aromatic carbocycles. The Kier molecular flexibility index (Phi) is 2.29. The van der Waals surface area contributed by atoms with Gasteiger partial charge in [-0.2, -0.15) is 0 Å². The molecule has 5 heteroatoms. The minimum absolute atomic E-state index is 0.136. The van der Waals surface area contributed by atoms with E-state index in [1.54, 1.807) is 0 Å². The molecular formula is C7H13NO4. The second-order valence-electron chi connectivity index (χ2n) is 3.20. The van der Waals surface area contributed by atoms with Gasteiger partial charge in [-0.15, -0.1) is 0 Å². The molecule has 0 atom stereocenters. The van der Waals surface area contributed by atoms with Crippen molar-refractivity contribution in [3.05, 3.63) is 0 Å². The van der Waals surface area contributed by atoms with Crippen LogP contribution in [-0.4, -0.2) is 55.6 Å². The van der Waals surface area contributed by atoms with E-state index in [4.69, 9.17) is 19.3 Å². The van der Waals surface area contributed by atoms with Crippen LogP contribution < -0.4 is 0 Å². The SMILES string of the molecule is OCOCC12COCN1COC2. The first kappa shape index (κ1) is 8.40. The van der Waals surface area contributed by atoms with Gasteiger partial charge in [0, 0.05) is 0 Å². The molecule has 0 aromatic rings. The van der Waals surface area contributed by atoms with Crippen LogP contribution in [0.1, 0.15) is 0 Å². The lowest BCUT2D eigenvalue weighted by molar-refractivity contribution is -0.0402. The summed E-state index contributed by atoms with van der Waals surface area (Å²) in [6.45, 7) is 2.71. The summed E-state index contributed by atoms with van der Waals surface area (Å²) in [5.74, 6) is 0. The maximum atomic E-state index is 8.52. The van der Waals surface area contributed by atoms with Crippen molar-refractivity contribution in [1.82, 2.24) is 4.90 Å². The highest BCUT2D eigenvalue weighted by Gasteiger charge is 2.46. The highest BCUT2D eigenvalue weighted by molar-refractivity contribution is 4.95. The zero-order valence-electron chi connectivity index (χ0n) is 6.86. The molecule has 2 aliphatic rings. The Morgan fingerprint density at radius 1 is 1.33 bits per heavy atom. The van der Waals surface area contributed by atoms with Crippen molar-refractivity contribution in [3.63, 3.8) is 0 Å². The Balaban J connectivity index is 1.97. The van der Waals surface area contributed by atoms with Crippen LogP contribution in [0.4, 0.5) is 0 Å². The van der Waals surface area contributed by atoms with Crippen LogP contribution in [0.15, 0.2) is 0 Å². The first-order chi connectivity index (χ1) is 5.87. The Morgan fingerprint density at radius 3 is 2.58 bits per heavy atom. The van der Waals surface area contributed by atoms with E-state index in [-0.39, 0.29) is 12.3 Å². The molecule has 0 saturated carbocycles. The zero-order chi connectivity index (χ0) is 8.44. The van der Waals surface area contributed by atoms with Gasteiger partial charge < -0.3 is 19.3 Å². The van der Waals surface area contributed by atoms with E-state index in [1.165, 1.54) is 0 Å². The van der Waals surface area contributed by atoms with Crippen LogP contribution in [-0.2, 0) is 14.2 Å². The minimum Gasteiger partial charge on any atom is -0.371 e. The number of hydrogen-bond acceptors (Lipinski definition) is 5. The molecule has 2 heterocycles. The van der Waals surface area contributed by atoms with Crippen molar-refractivity contribution in [2.24, 2.45) is 0 Å². The Morgan fingerprint density at radius 2 is 2.00 bits per heavy atom.